The molecule has 108 valence electrons. The van der Waals surface area contributed by atoms with Gasteiger partial charge in [-0.1, -0.05) is 0 Å². The summed E-state index contributed by atoms with van der Waals surface area (Å²) in [4.78, 5) is 24.3. The Morgan fingerprint density at radius 3 is 2.75 bits per heavy atom. The molecule has 0 bridgehead atoms. The summed E-state index contributed by atoms with van der Waals surface area (Å²) >= 11 is 0. The second-order valence-corrected chi connectivity index (χ2v) is 4.42. The van der Waals surface area contributed by atoms with Gasteiger partial charge in [0, 0.05) is 37.9 Å². The molecule has 1 aliphatic rings. The maximum atomic E-state index is 11.7. The smallest absolute Gasteiger partial charge is 0.345 e. The first kappa shape index (κ1) is 14.3. The molecule has 0 saturated carbocycles. The van der Waals surface area contributed by atoms with Crippen LogP contribution in [0.15, 0.2) is 18.2 Å². The average Bonchev–Trinajstić information content (AvgIpc) is 2.47. The highest BCUT2D eigenvalue weighted by atomic mass is 16.6. The molecule has 1 N–H and O–H groups in total. The molecule has 0 spiro atoms. The minimum absolute atomic E-state index is 0.00395. The number of carbonyl (C=O) groups is 1. The number of nitrogens with zero attached hydrogens (tertiary/aromatic N) is 2. The lowest BCUT2D eigenvalue weighted by Crippen LogP contribution is -2.43. The van der Waals surface area contributed by atoms with Gasteiger partial charge in [0.05, 0.1) is 11.5 Å². The van der Waals surface area contributed by atoms with Gasteiger partial charge in [-0.25, -0.2) is 4.79 Å². The van der Waals surface area contributed by atoms with Gasteiger partial charge < -0.3 is 15.0 Å². The lowest BCUT2D eigenvalue weighted by molar-refractivity contribution is -0.385. The lowest BCUT2D eigenvalue weighted by Gasteiger charge is -2.29. The largest absolute Gasteiger partial charge is 0.462 e. The van der Waals surface area contributed by atoms with Crippen molar-refractivity contribution in [1.82, 2.24) is 5.32 Å². The van der Waals surface area contributed by atoms with E-state index in [1.165, 1.54) is 12.1 Å². The molecule has 0 amide bonds. The van der Waals surface area contributed by atoms with Gasteiger partial charge in [-0.05, 0) is 19.1 Å². The average molecular weight is 279 g/mol. The Kier molecular flexibility index (Phi) is 4.52. The first-order chi connectivity index (χ1) is 9.63. The van der Waals surface area contributed by atoms with Crippen LogP contribution >= 0.6 is 0 Å². The summed E-state index contributed by atoms with van der Waals surface area (Å²) in [6.45, 7) is 5.11. The van der Waals surface area contributed by atoms with Crippen molar-refractivity contribution < 1.29 is 14.5 Å². The highest BCUT2D eigenvalue weighted by Gasteiger charge is 2.23. The quantitative estimate of drug-likeness (QED) is 0.506. The monoisotopic (exact) mass is 279 g/mol. The molecule has 20 heavy (non-hydrogen) atoms. The number of hydrogen-bond donors (Lipinski definition) is 1. The Hall–Kier alpha value is -2.15. The van der Waals surface area contributed by atoms with E-state index < -0.39 is 10.9 Å². The molecule has 0 unspecified atom stereocenters. The minimum atomic E-state index is -0.661. The van der Waals surface area contributed by atoms with Gasteiger partial charge in [0.1, 0.15) is 5.56 Å². The standard InChI is InChI=1S/C13H17N3O4/c1-2-20-13(17)11-4-3-10(9-12(11)16(18)19)15-7-5-14-6-8-15/h3-4,9,14H,2,5-8H2,1H3. The third-order valence-electron chi connectivity index (χ3n) is 3.16. The van der Waals surface area contributed by atoms with Gasteiger partial charge in [-0.2, -0.15) is 0 Å². The number of esters is 1. The van der Waals surface area contributed by atoms with Crippen LogP contribution in [-0.4, -0.2) is 43.7 Å². The molecule has 0 aliphatic carbocycles. The zero-order chi connectivity index (χ0) is 14.5. The fourth-order valence-corrected chi connectivity index (χ4v) is 2.17. The number of nitro benzene ring substituents is 1. The molecule has 1 aliphatic heterocycles. The van der Waals surface area contributed by atoms with Crippen LogP contribution in [0.25, 0.3) is 0 Å². The maximum Gasteiger partial charge on any atom is 0.345 e. The predicted octanol–water partition coefficient (Wildman–Crippen LogP) is 1.18. The Labute approximate surface area is 116 Å². The van der Waals surface area contributed by atoms with Crippen molar-refractivity contribution in [3.05, 3.63) is 33.9 Å². The van der Waals surface area contributed by atoms with E-state index in [0.717, 1.165) is 31.9 Å². The van der Waals surface area contributed by atoms with Crippen LogP contribution in [0.3, 0.4) is 0 Å². The molecule has 1 heterocycles. The molecule has 1 aromatic rings. The molecule has 0 aromatic heterocycles. The Morgan fingerprint density at radius 2 is 2.15 bits per heavy atom. The van der Waals surface area contributed by atoms with Crippen molar-refractivity contribution in [2.24, 2.45) is 0 Å². The number of ether oxygens (including phenoxy) is 1. The van der Waals surface area contributed by atoms with Crippen molar-refractivity contribution in [3.8, 4) is 0 Å². The summed E-state index contributed by atoms with van der Waals surface area (Å²) in [6, 6.07) is 4.63. The molecule has 1 saturated heterocycles. The summed E-state index contributed by atoms with van der Waals surface area (Å²) in [5.74, 6) is -0.661. The third-order valence-corrected chi connectivity index (χ3v) is 3.16. The molecule has 7 nitrogen and oxygen atoms in total. The van der Waals surface area contributed by atoms with Crippen molar-refractivity contribution in [2.45, 2.75) is 6.92 Å². The van der Waals surface area contributed by atoms with Crippen LogP contribution in [0.5, 0.6) is 0 Å². The van der Waals surface area contributed by atoms with Crippen LogP contribution in [0.4, 0.5) is 11.4 Å². The zero-order valence-electron chi connectivity index (χ0n) is 11.3. The SMILES string of the molecule is CCOC(=O)c1ccc(N2CCNCC2)cc1[N+](=O)[O-]. The highest BCUT2D eigenvalue weighted by molar-refractivity contribution is 5.94. The van der Waals surface area contributed by atoms with Crippen LogP contribution in [0, 0.1) is 10.1 Å². The van der Waals surface area contributed by atoms with E-state index in [2.05, 4.69) is 10.2 Å². The van der Waals surface area contributed by atoms with Crippen molar-refractivity contribution in [3.63, 3.8) is 0 Å². The number of carbonyl (C=O) groups excluding carboxylic acids is 1. The van der Waals surface area contributed by atoms with Gasteiger partial charge in [0.15, 0.2) is 0 Å². The highest BCUT2D eigenvalue weighted by Crippen LogP contribution is 2.26. The topological polar surface area (TPSA) is 84.7 Å². The Bertz CT molecular complexity index is 512. The Morgan fingerprint density at radius 1 is 1.45 bits per heavy atom. The van der Waals surface area contributed by atoms with E-state index >= 15 is 0 Å². The van der Waals surface area contributed by atoms with Gasteiger partial charge >= 0.3 is 5.97 Å². The molecule has 7 heteroatoms. The van der Waals surface area contributed by atoms with Crippen molar-refractivity contribution >= 4 is 17.3 Å². The van der Waals surface area contributed by atoms with E-state index in [4.69, 9.17) is 4.74 Å². The van der Waals surface area contributed by atoms with Gasteiger partial charge in [0.25, 0.3) is 5.69 Å². The number of piperazine rings is 1. The molecule has 0 radical (unpaired) electrons. The van der Waals surface area contributed by atoms with E-state index in [9.17, 15) is 14.9 Å². The first-order valence-electron chi connectivity index (χ1n) is 6.54. The third kappa shape index (κ3) is 3.05. The van der Waals surface area contributed by atoms with Crippen LogP contribution < -0.4 is 10.2 Å². The van der Waals surface area contributed by atoms with Crippen LogP contribution in [0.1, 0.15) is 17.3 Å². The summed E-state index contributed by atoms with van der Waals surface area (Å²) in [5, 5.41) is 14.4. The summed E-state index contributed by atoms with van der Waals surface area (Å²) in [6.07, 6.45) is 0. The molecular formula is C13H17N3O4. The number of hydrogen-bond acceptors (Lipinski definition) is 6. The molecular weight excluding hydrogens is 262 g/mol. The molecule has 1 aromatic carbocycles. The summed E-state index contributed by atoms with van der Waals surface area (Å²) < 4.78 is 4.84. The second kappa shape index (κ2) is 6.33. The van der Waals surface area contributed by atoms with Crippen molar-refractivity contribution in [2.75, 3.05) is 37.7 Å². The van der Waals surface area contributed by atoms with E-state index in [1.54, 1.807) is 13.0 Å². The van der Waals surface area contributed by atoms with E-state index in [-0.39, 0.29) is 17.9 Å². The minimum Gasteiger partial charge on any atom is -0.462 e. The molecule has 1 fully saturated rings. The number of rotatable bonds is 4. The van der Waals surface area contributed by atoms with Crippen LogP contribution in [-0.2, 0) is 4.74 Å². The van der Waals surface area contributed by atoms with Gasteiger partial charge in [0.2, 0.25) is 0 Å². The van der Waals surface area contributed by atoms with Gasteiger partial charge in [-0.15, -0.1) is 0 Å². The fraction of sp³-hybridized carbons (Fsp3) is 0.462. The van der Waals surface area contributed by atoms with Crippen LogP contribution in [0.2, 0.25) is 0 Å². The fourth-order valence-electron chi connectivity index (χ4n) is 2.17. The zero-order valence-corrected chi connectivity index (χ0v) is 11.3. The lowest BCUT2D eigenvalue weighted by atomic mass is 10.1. The number of benzene rings is 1. The first-order valence-corrected chi connectivity index (χ1v) is 6.54. The number of nitro groups is 1. The number of anilines is 1. The predicted molar refractivity (Wildman–Crippen MR) is 74.1 cm³/mol. The summed E-state index contributed by atoms with van der Waals surface area (Å²) in [5.41, 5.74) is 0.543. The van der Waals surface area contributed by atoms with Crippen molar-refractivity contribution in [1.29, 1.82) is 0 Å². The number of nitrogens with one attached hydrogen (secondary N) is 1. The normalized spacial score (nSPS) is 14.9. The van der Waals surface area contributed by atoms with E-state index in [1.807, 2.05) is 0 Å². The molecule has 2 rings (SSSR count). The molecule has 0 atom stereocenters. The summed E-state index contributed by atoms with van der Waals surface area (Å²) in [7, 11) is 0. The second-order valence-electron chi connectivity index (χ2n) is 4.42. The van der Waals surface area contributed by atoms with Gasteiger partial charge in [-0.3, -0.25) is 10.1 Å². The maximum absolute atomic E-state index is 11.7. The van der Waals surface area contributed by atoms with E-state index in [0.29, 0.717) is 0 Å². The Balaban J connectivity index is 2.31.